The molecule has 1 N–H and O–H groups in total. The molecule has 0 aromatic heterocycles. The van der Waals surface area contributed by atoms with Crippen molar-refractivity contribution in [3.8, 4) is 0 Å². The summed E-state index contributed by atoms with van der Waals surface area (Å²) in [6.45, 7) is 3.72. The van der Waals surface area contributed by atoms with Gasteiger partial charge in [0, 0.05) is 0 Å². The number of nitrogens with one attached hydrogen (secondary N) is 1. The minimum Gasteiger partial charge on any atom is -0.316 e. The van der Waals surface area contributed by atoms with Crippen molar-refractivity contribution in [2.75, 3.05) is 33.7 Å². The summed E-state index contributed by atoms with van der Waals surface area (Å²) in [4.78, 5) is 2.26. The van der Waals surface area contributed by atoms with Gasteiger partial charge in [-0.05, 0) is 52.5 Å². The van der Waals surface area contributed by atoms with Crippen molar-refractivity contribution < 1.29 is 0 Å². The Morgan fingerprint density at radius 2 is 2.30 bits per heavy atom. The van der Waals surface area contributed by atoms with Crippen LogP contribution in [0, 0.1) is 5.92 Å². The van der Waals surface area contributed by atoms with Crippen molar-refractivity contribution in [3.63, 3.8) is 0 Å². The van der Waals surface area contributed by atoms with Crippen LogP contribution in [0.3, 0.4) is 0 Å². The van der Waals surface area contributed by atoms with Gasteiger partial charge >= 0.3 is 0 Å². The SMILES string of the molecule is CN(C)CCC1CCNC1. The Morgan fingerprint density at radius 3 is 2.80 bits per heavy atom. The molecule has 0 saturated carbocycles. The molecule has 0 aromatic rings. The summed E-state index contributed by atoms with van der Waals surface area (Å²) in [6, 6.07) is 0. The molecule has 2 heteroatoms. The number of hydrogen-bond donors (Lipinski definition) is 1. The van der Waals surface area contributed by atoms with Crippen molar-refractivity contribution >= 4 is 0 Å². The Morgan fingerprint density at radius 1 is 1.50 bits per heavy atom. The highest BCUT2D eigenvalue weighted by Crippen LogP contribution is 2.11. The summed E-state index contributed by atoms with van der Waals surface area (Å²) < 4.78 is 0. The maximum absolute atomic E-state index is 3.38. The molecule has 1 aliphatic heterocycles. The Bertz CT molecular complexity index is 85.3. The molecule has 0 spiro atoms. The van der Waals surface area contributed by atoms with Crippen LogP contribution in [0.4, 0.5) is 0 Å². The van der Waals surface area contributed by atoms with Crippen LogP contribution in [-0.2, 0) is 0 Å². The van der Waals surface area contributed by atoms with Gasteiger partial charge in [-0.1, -0.05) is 0 Å². The van der Waals surface area contributed by atoms with E-state index in [0.717, 1.165) is 5.92 Å². The molecule has 60 valence electrons. The molecule has 0 radical (unpaired) electrons. The van der Waals surface area contributed by atoms with Crippen LogP contribution in [0.5, 0.6) is 0 Å². The molecule has 1 aliphatic rings. The van der Waals surface area contributed by atoms with Crippen LogP contribution in [0.15, 0.2) is 0 Å². The largest absolute Gasteiger partial charge is 0.316 e. The average Bonchev–Trinajstić information content (AvgIpc) is 2.34. The first-order valence-electron chi connectivity index (χ1n) is 4.14. The van der Waals surface area contributed by atoms with Crippen molar-refractivity contribution in [1.29, 1.82) is 0 Å². The predicted octanol–water partition coefficient (Wildman–Crippen LogP) is 0.548. The lowest BCUT2D eigenvalue weighted by Crippen LogP contribution is -2.18. The Labute approximate surface area is 63.6 Å². The van der Waals surface area contributed by atoms with Crippen molar-refractivity contribution in [1.82, 2.24) is 10.2 Å². The van der Waals surface area contributed by atoms with Crippen molar-refractivity contribution in [2.45, 2.75) is 12.8 Å². The summed E-state index contributed by atoms with van der Waals surface area (Å²) in [6.07, 6.45) is 2.74. The van der Waals surface area contributed by atoms with E-state index < -0.39 is 0 Å². The maximum Gasteiger partial charge on any atom is -0.00196 e. The Balaban J connectivity index is 2.01. The van der Waals surface area contributed by atoms with Crippen LogP contribution in [-0.4, -0.2) is 38.6 Å². The molecule has 1 saturated heterocycles. The molecule has 10 heavy (non-hydrogen) atoms. The summed E-state index contributed by atoms with van der Waals surface area (Å²) >= 11 is 0. The first-order valence-corrected chi connectivity index (χ1v) is 4.14. The van der Waals surface area contributed by atoms with E-state index in [0.29, 0.717) is 0 Å². The van der Waals surface area contributed by atoms with Gasteiger partial charge in [-0.3, -0.25) is 0 Å². The molecule has 0 aliphatic carbocycles. The highest BCUT2D eigenvalue weighted by atomic mass is 15.0. The van der Waals surface area contributed by atoms with Crippen LogP contribution in [0.2, 0.25) is 0 Å². The molecular weight excluding hydrogens is 124 g/mol. The van der Waals surface area contributed by atoms with E-state index in [1.165, 1.54) is 32.5 Å². The average molecular weight is 142 g/mol. The van der Waals surface area contributed by atoms with Crippen LogP contribution in [0.25, 0.3) is 0 Å². The highest BCUT2D eigenvalue weighted by Gasteiger charge is 2.13. The third-order valence-electron chi connectivity index (χ3n) is 2.15. The van der Waals surface area contributed by atoms with Gasteiger partial charge in [0.15, 0.2) is 0 Å². The molecule has 2 nitrogen and oxygen atoms in total. The molecular formula is C8H18N2. The maximum atomic E-state index is 3.38. The van der Waals surface area contributed by atoms with Crippen molar-refractivity contribution in [2.24, 2.45) is 5.92 Å². The smallest absolute Gasteiger partial charge is 0.00196 e. The van der Waals surface area contributed by atoms with Crippen LogP contribution >= 0.6 is 0 Å². The first-order chi connectivity index (χ1) is 4.79. The predicted molar refractivity (Wildman–Crippen MR) is 44.1 cm³/mol. The normalized spacial score (nSPS) is 26.1. The number of nitrogens with zero attached hydrogens (tertiary/aromatic N) is 1. The minimum absolute atomic E-state index is 0.947. The van der Waals surface area contributed by atoms with E-state index in [9.17, 15) is 0 Å². The van der Waals surface area contributed by atoms with Gasteiger partial charge in [0.2, 0.25) is 0 Å². The molecule has 0 bridgehead atoms. The minimum atomic E-state index is 0.947. The van der Waals surface area contributed by atoms with Gasteiger partial charge in [-0.25, -0.2) is 0 Å². The topological polar surface area (TPSA) is 15.3 Å². The molecule has 1 heterocycles. The third-order valence-corrected chi connectivity index (χ3v) is 2.15. The van der Waals surface area contributed by atoms with Gasteiger partial charge < -0.3 is 10.2 Å². The summed E-state index contributed by atoms with van der Waals surface area (Å²) in [5, 5.41) is 3.38. The third kappa shape index (κ3) is 2.67. The summed E-state index contributed by atoms with van der Waals surface area (Å²) in [7, 11) is 4.28. The van der Waals surface area contributed by atoms with E-state index in [4.69, 9.17) is 0 Å². The lowest BCUT2D eigenvalue weighted by Gasteiger charge is -2.12. The molecule has 0 amide bonds. The van der Waals surface area contributed by atoms with Gasteiger partial charge in [0.1, 0.15) is 0 Å². The number of rotatable bonds is 3. The monoisotopic (exact) mass is 142 g/mol. The Hall–Kier alpha value is -0.0800. The Kier molecular flexibility index (Phi) is 3.16. The molecule has 1 unspecified atom stereocenters. The summed E-state index contributed by atoms with van der Waals surface area (Å²) in [5.41, 5.74) is 0. The van der Waals surface area contributed by atoms with Crippen LogP contribution in [0.1, 0.15) is 12.8 Å². The zero-order chi connectivity index (χ0) is 7.40. The molecule has 1 fully saturated rings. The standard InChI is InChI=1S/C8H18N2/c1-10(2)6-4-8-3-5-9-7-8/h8-9H,3-7H2,1-2H3. The summed E-state index contributed by atoms with van der Waals surface area (Å²) in [5.74, 6) is 0.947. The molecule has 0 aromatic carbocycles. The second-order valence-electron chi connectivity index (χ2n) is 3.45. The molecule has 1 atom stereocenters. The number of hydrogen-bond acceptors (Lipinski definition) is 2. The van der Waals surface area contributed by atoms with Crippen LogP contribution < -0.4 is 5.32 Å². The second-order valence-corrected chi connectivity index (χ2v) is 3.45. The second kappa shape index (κ2) is 3.94. The van der Waals surface area contributed by atoms with Crippen molar-refractivity contribution in [3.05, 3.63) is 0 Å². The van der Waals surface area contributed by atoms with E-state index >= 15 is 0 Å². The van der Waals surface area contributed by atoms with E-state index in [-0.39, 0.29) is 0 Å². The zero-order valence-corrected chi connectivity index (χ0v) is 7.06. The molecule has 1 rings (SSSR count). The quantitative estimate of drug-likeness (QED) is 0.619. The van der Waals surface area contributed by atoms with Gasteiger partial charge in [-0.15, -0.1) is 0 Å². The van der Waals surface area contributed by atoms with E-state index in [1.54, 1.807) is 0 Å². The lowest BCUT2D eigenvalue weighted by molar-refractivity contribution is 0.360. The zero-order valence-electron chi connectivity index (χ0n) is 7.06. The van der Waals surface area contributed by atoms with E-state index in [2.05, 4.69) is 24.3 Å². The van der Waals surface area contributed by atoms with Gasteiger partial charge in [-0.2, -0.15) is 0 Å². The first kappa shape index (κ1) is 8.02. The fraction of sp³-hybridized carbons (Fsp3) is 1.00. The van der Waals surface area contributed by atoms with Gasteiger partial charge in [0.05, 0.1) is 0 Å². The van der Waals surface area contributed by atoms with Gasteiger partial charge in [0.25, 0.3) is 0 Å². The fourth-order valence-electron chi connectivity index (χ4n) is 1.40. The lowest BCUT2D eigenvalue weighted by atomic mass is 10.1. The highest BCUT2D eigenvalue weighted by molar-refractivity contribution is 4.71. The fourth-order valence-corrected chi connectivity index (χ4v) is 1.40. The van der Waals surface area contributed by atoms with E-state index in [1.807, 2.05) is 0 Å².